The molecule has 4 heteroatoms. The van der Waals surface area contributed by atoms with E-state index in [0.29, 0.717) is 24.4 Å². The van der Waals surface area contributed by atoms with Crippen LogP contribution in [0.3, 0.4) is 0 Å². The molecule has 2 aliphatic heterocycles. The van der Waals surface area contributed by atoms with E-state index in [2.05, 4.69) is 62.4 Å². The zero-order valence-electron chi connectivity index (χ0n) is 19.6. The van der Waals surface area contributed by atoms with Gasteiger partial charge in [0.1, 0.15) is 12.2 Å². The molecule has 4 unspecified atom stereocenters. The second-order valence-corrected chi connectivity index (χ2v) is 9.38. The van der Waals surface area contributed by atoms with Crippen LogP contribution >= 0.6 is 0 Å². The topological polar surface area (TPSA) is 43.5 Å². The van der Waals surface area contributed by atoms with Gasteiger partial charge < -0.3 is 18.9 Å². The van der Waals surface area contributed by atoms with Gasteiger partial charge in [-0.1, -0.05) is 48.5 Å². The summed E-state index contributed by atoms with van der Waals surface area (Å²) >= 11 is 0. The minimum Gasteiger partial charge on any atom is -0.376 e. The molecule has 2 saturated heterocycles. The highest BCUT2D eigenvalue weighted by Gasteiger charge is 2.23. The molecule has 0 amide bonds. The van der Waals surface area contributed by atoms with E-state index in [1.807, 2.05) is 0 Å². The molecule has 174 valence electrons. The molecular weight excluding hydrogens is 400 g/mol. The van der Waals surface area contributed by atoms with E-state index < -0.39 is 0 Å². The number of hydrogen-bond acceptors (Lipinski definition) is 4. The van der Waals surface area contributed by atoms with Crippen molar-refractivity contribution in [1.29, 1.82) is 0 Å². The van der Waals surface area contributed by atoms with Gasteiger partial charge in [-0.05, 0) is 74.6 Å². The molecule has 0 saturated carbocycles. The van der Waals surface area contributed by atoms with E-state index in [0.717, 1.165) is 65.0 Å². The lowest BCUT2D eigenvalue weighted by Gasteiger charge is -2.12. The fourth-order valence-electron chi connectivity index (χ4n) is 3.95. The standard InChI is InChI=1S/C28H38O4/c1-21(29-17-27-19-31-27)5-3-7-23-9-13-25(14-10-23)26-15-11-24(12-16-26)8-4-6-22(2)30-18-28-20-32-28/h9-16,21-22,27-28H,3-8,17-20H2,1-2H3. The lowest BCUT2D eigenvalue weighted by Crippen LogP contribution is -2.12. The van der Waals surface area contributed by atoms with Gasteiger partial charge in [-0.2, -0.15) is 0 Å². The molecule has 2 aliphatic rings. The normalized spacial score (nSPS) is 21.3. The molecule has 2 heterocycles. The monoisotopic (exact) mass is 438 g/mol. The van der Waals surface area contributed by atoms with Crippen LogP contribution in [0.15, 0.2) is 48.5 Å². The molecule has 2 aromatic carbocycles. The molecule has 4 rings (SSSR count). The molecule has 4 atom stereocenters. The maximum Gasteiger partial charge on any atom is 0.104 e. The van der Waals surface area contributed by atoms with Gasteiger partial charge in [-0.3, -0.25) is 0 Å². The Morgan fingerprint density at radius 3 is 1.41 bits per heavy atom. The van der Waals surface area contributed by atoms with Crippen LogP contribution in [-0.2, 0) is 31.8 Å². The number of aryl methyl sites for hydroxylation is 2. The van der Waals surface area contributed by atoms with Crippen molar-refractivity contribution in [3.8, 4) is 11.1 Å². The third kappa shape index (κ3) is 8.32. The maximum atomic E-state index is 5.81. The van der Waals surface area contributed by atoms with Gasteiger partial charge >= 0.3 is 0 Å². The zero-order chi connectivity index (χ0) is 22.2. The van der Waals surface area contributed by atoms with Crippen molar-refractivity contribution < 1.29 is 18.9 Å². The van der Waals surface area contributed by atoms with Crippen molar-refractivity contribution in [1.82, 2.24) is 0 Å². The second kappa shape index (κ2) is 11.9. The molecule has 2 fully saturated rings. The third-order valence-electron chi connectivity index (χ3n) is 6.33. The average Bonchev–Trinajstić information content (AvgIpc) is 3.72. The number of benzene rings is 2. The Bertz CT molecular complexity index is 724. The highest BCUT2D eigenvalue weighted by Crippen LogP contribution is 2.22. The highest BCUT2D eigenvalue weighted by molar-refractivity contribution is 5.63. The Labute approximate surface area is 193 Å². The van der Waals surface area contributed by atoms with E-state index in [-0.39, 0.29) is 0 Å². The van der Waals surface area contributed by atoms with E-state index in [1.165, 1.54) is 22.3 Å². The predicted octanol–water partition coefficient (Wildman–Crippen LogP) is 5.61. The van der Waals surface area contributed by atoms with E-state index in [4.69, 9.17) is 18.9 Å². The van der Waals surface area contributed by atoms with Crippen molar-refractivity contribution in [2.45, 2.75) is 76.8 Å². The Kier molecular flexibility index (Phi) is 8.75. The van der Waals surface area contributed by atoms with E-state index >= 15 is 0 Å². The summed E-state index contributed by atoms with van der Waals surface area (Å²) < 4.78 is 22.0. The summed E-state index contributed by atoms with van der Waals surface area (Å²) in [6, 6.07) is 18.0. The SMILES string of the molecule is CC(CCCc1ccc(-c2ccc(CCCC(C)OCC3CO3)cc2)cc1)OCC1CO1. The third-order valence-corrected chi connectivity index (χ3v) is 6.33. The number of ether oxygens (including phenoxy) is 4. The second-order valence-electron chi connectivity index (χ2n) is 9.38. The molecule has 0 bridgehead atoms. The van der Waals surface area contributed by atoms with Crippen LogP contribution in [0.4, 0.5) is 0 Å². The first-order valence-electron chi connectivity index (χ1n) is 12.3. The quantitative estimate of drug-likeness (QED) is 0.339. The minimum absolute atomic E-state index is 0.310. The molecule has 0 N–H and O–H groups in total. The van der Waals surface area contributed by atoms with Crippen LogP contribution in [-0.4, -0.2) is 50.8 Å². The van der Waals surface area contributed by atoms with Crippen molar-refractivity contribution >= 4 is 0 Å². The summed E-state index contributed by atoms with van der Waals surface area (Å²) in [7, 11) is 0. The highest BCUT2D eigenvalue weighted by atomic mass is 16.6. The van der Waals surface area contributed by atoms with Gasteiger partial charge in [0.2, 0.25) is 0 Å². The van der Waals surface area contributed by atoms with Gasteiger partial charge in [0, 0.05) is 0 Å². The minimum atomic E-state index is 0.310. The molecule has 0 spiro atoms. The average molecular weight is 439 g/mol. The van der Waals surface area contributed by atoms with Gasteiger partial charge in [0.25, 0.3) is 0 Å². The molecule has 0 radical (unpaired) electrons. The van der Waals surface area contributed by atoms with Crippen LogP contribution in [0.1, 0.15) is 50.7 Å². The first-order chi connectivity index (χ1) is 15.7. The van der Waals surface area contributed by atoms with Gasteiger partial charge in [-0.25, -0.2) is 0 Å². The molecule has 4 nitrogen and oxygen atoms in total. The van der Waals surface area contributed by atoms with Gasteiger partial charge in [-0.15, -0.1) is 0 Å². The van der Waals surface area contributed by atoms with E-state index in [9.17, 15) is 0 Å². The van der Waals surface area contributed by atoms with Crippen LogP contribution < -0.4 is 0 Å². The Morgan fingerprint density at radius 2 is 1.06 bits per heavy atom. The largest absolute Gasteiger partial charge is 0.376 e. The molecule has 0 aromatic heterocycles. The summed E-state index contributed by atoms with van der Waals surface area (Å²) in [5.41, 5.74) is 5.36. The van der Waals surface area contributed by atoms with Crippen LogP contribution in [0, 0.1) is 0 Å². The summed E-state index contributed by atoms with van der Waals surface area (Å²) in [5.74, 6) is 0. The summed E-state index contributed by atoms with van der Waals surface area (Å²) in [6.07, 6.45) is 8.02. The van der Waals surface area contributed by atoms with Gasteiger partial charge in [0.15, 0.2) is 0 Å². The van der Waals surface area contributed by atoms with Crippen LogP contribution in [0.25, 0.3) is 11.1 Å². The Balaban J connectivity index is 1.14. The Hall–Kier alpha value is -1.72. The Morgan fingerprint density at radius 1 is 0.688 bits per heavy atom. The van der Waals surface area contributed by atoms with Gasteiger partial charge in [0.05, 0.1) is 38.6 Å². The number of rotatable bonds is 15. The molecule has 2 aromatic rings. The first-order valence-corrected chi connectivity index (χ1v) is 12.3. The molecule has 32 heavy (non-hydrogen) atoms. The number of hydrogen-bond donors (Lipinski definition) is 0. The van der Waals surface area contributed by atoms with Crippen LogP contribution in [0.2, 0.25) is 0 Å². The fourth-order valence-corrected chi connectivity index (χ4v) is 3.95. The number of epoxide rings is 2. The predicted molar refractivity (Wildman–Crippen MR) is 128 cm³/mol. The smallest absolute Gasteiger partial charge is 0.104 e. The lowest BCUT2D eigenvalue weighted by atomic mass is 9.99. The van der Waals surface area contributed by atoms with Crippen LogP contribution in [0.5, 0.6) is 0 Å². The molecular formula is C28H38O4. The molecule has 0 aliphatic carbocycles. The van der Waals surface area contributed by atoms with Crippen molar-refractivity contribution in [3.63, 3.8) is 0 Å². The maximum absolute atomic E-state index is 5.81. The summed E-state index contributed by atoms with van der Waals surface area (Å²) in [4.78, 5) is 0. The summed E-state index contributed by atoms with van der Waals surface area (Å²) in [5, 5.41) is 0. The zero-order valence-corrected chi connectivity index (χ0v) is 19.6. The van der Waals surface area contributed by atoms with E-state index in [1.54, 1.807) is 0 Å². The summed E-state index contributed by atoms with van der Waals surface area (Å²) in [6.45, 7) is 7.56. The van der Waals surface area contributed by atoms with Crippen molar-refractivity contribution in [3.05, 3.63) is 59.7 Å². The fraction of sp³-hybridized carbons (Fsp3) is 0.571. The lowest BCUT2D eigenvalue weighted by molar-refractivity contribution is 0.0480. The first kappa shape index (κ1) is 23.4. The van der Waals surface area contributed by atoms with Crippen molar-refractivity contribution in [2.24, 2.45) is 0 Å². The van der Waals surface area contributed by atoms with Crippen molar-refractivity contribution in [2.75, 3.05) is 26.4 Å².